The molecule has 7 atom stereocenters. The molecule has 0 aromatic carbocycles. The predicted octanol–water partition coefficient (Wildman–Crippen LogP) is 4.05. The van der Waals surface area contributed by atoms with E-state index in [0.29, 0.717) is 6.42 Å². The number of amides is 1. The Morgan fingerprint density at radius 1 is 1.26 bits per heavy atom. The van der Waals surface area contributed by atoms with Crippen LogP contribution in [-0.4, -0.2) is 56.8 Å². The maximum Gasteiger partial charge on any atom is 0.223 e. The van der Waals surface area contributed by atoms with Crippen LogP contribution >= 0.6 is 11.3 Å². The molecule has 196 valence electrons. The van der Waals surface area contributed by atoms with Gasteiger partial charge in [-0.3, -0.25) is 9.59 Å². The molecule has 2 fully saturated rings. The number of fused-ring (bicyclic) bond motifs is 1. The molecular weight excluding hydrogens is 464 g/mol. The summed E-state index contributed by atoms with van der Waals surface area (Å²) >= 11 is 1.58. The number of Topliss-reactive ketones (excluding diaryl/α,β-unsaturated/α-hetero) is 1. The number of ketones is 1. The monoisotopic (exact) mass is 506 g/mol. The van der Waals surface area contributed by atoms with E-state index in [1.165, 1.54) is 0 Å². The van der Waals surface area contributed by atoms with E-state index in [1.54, 1.807) is 32.1 Å². The van der Waals surface area contributed by atoms with Gasteiger partial charge in [-0.1, -0.05) is 34.1 Å². The zero-order chi connectivity index (χ0) is 26.1. The van der Waals surface area contributed by atoms with Gasteiger partial charge in [0.1, 0.15) is 5.78 Å². The number of thiazole rings is 1. The molecule has 6 unspecified atom stereocenters. The van der Waals surface area contributed by atoms with Gasteiger partial charge < -0.3 is 20.3 Å². The number of aromatic nitrogens is 1. The maximum absolute atomic E-state index is 13.2. The van der Waals surface area contributed by atoms with Crippen molar-refractivity contribution >= 4 is 29.1 Å². The highest BCUT2D eigenvalue weighted by Gasteiger charge is 2.52. The highest BCUT2D eigenvalue weighted by Crippen LogP contribution is 2.44. The molecule has 1 amide bonds. The lowest BCUT2D eigenvalue weighted by atomic mass is 9.72. The van der Waals surface area contributed by atoms with Gasteiger partial charge in [-0.05, 0) is 51.2 Å². The highest BCUT2D eigenvalue weighted by molar-refractivity contribution is 7.09. The van der Waals surface area contributed by atoms with Gasteiger partial charge in [-0.25, -0.2) is 4.98 Å². The van der Waals surface area contributed by atoms with Crippen molar-refractivity contribution in [1.29, 1.82) is 0 Å². The number of nitrogens with zero attached hydrogens (tertiary/aromatic N) is 1. The van der Waals surface area contributed by atoms with Gasteiger partial charge in [0.2, 0.25) is 5.91 Å². The number of carbonyl (C=O) groups excluding carboxylic acids is 2. The van der Waals surface area contributed by atoms with E-state index in [0.717, 1.165) is 35.5 Å². The van der Waals surface area contributed by atoms with Crippen LogP contribution in [0.1, 0.15) is 84.3 Å². The molecule has 35 heavy (non-hydrogen) atoms. The van der Waals surface area contributed by atoms with Gasteiger partial charge in [0.15, 0.2) is 0 Å². The number of hydrogen-bond acceptors (Lipinski definition) is 7. The normalized spacial score (nSPS) is 37.5. The quantitative estimate of drug-likeness (QED) is 0.522. The van der Waals surface area contributed by atoms with Crippen molar-refractivity contribution in [2.75, 3.05) is 0 Å². The molecule has 2 aliphatic rings. The molecule has 0 aliphatic carbocycles. The molecule has 0 saturated carbocycles. The zero-order valence-electron chi connectivity index (χ0n) is 22.1. The van der Waals surface area contributed by atoms with Gasteiger partial charge in [0.25, 0.3) is 0 Å². The van der Waals surface area contributed by atoms with Crippen molar-refractivity contribution in [3.63, 3.8) is 0 Å². The van der Waals surface area contributed by atoms with Crippen LogP contribution in [-0.2, 0) is 14.3 Å². The second-order valence-corrected chi connectivity index (χ2v) is 12.5. The first-order chi connectivity index (χ1) is 16.2. The van der Waals surface area contributed by atoms with Gasteiger partial charge in [-0.2, -0.15) is 0 Å². The van der Waals surface area contributed by atoms with Gasteiger partial charge in [0.05, 0.1) is 52.5 Å². The predicted molar refractivity (Wildman–Crippen MR) is 138 cm³/mol. The number of ether oxygens (including phenoxy) is 1. The van der Waals surface area contributed by atoms with E-state index >= 15 is 0 Å². The highest BCUT2D eigenvalue weighted by atomic mass is 32.1. The summed E-state index contributed by atoms with van der Waals surface area (Å²) in [5.41, 5.74) is 0.410. The van der Waals surface area contributed by atoms with E-state index in [4.69, 9.17) is 4.74 Å². The second-order valence-electron chi connectivity index (χ2n) is 11.4. The number of rotatable bonds is 2. The Hall–Kier alpha value is -1.61. The van der Waals surface area contributed by atoms with Crippen molar-refractivity contribution in [3.8, 4) is 0 Å². The molecule has 3 rings (SSSR count). The van der Waals surface area contributed by atoms with Gasteiger partial charge >= 0.3 is 0 Å². The molecule has 1 aromatic rings. The first-order valence-electron chi connectivity index (χ1n) is 12.7. The smallest absolute Gasteiger partial charge is 0.223 e. The van der Waals surface area contributed by atoms with E-state index < -0.39 is 23.5 Å². The molecule has 8 heteroatoms. The number of aliphatic hydroxyl groups is 2. The summed E-state index contributed by atoms with van der Waals surface area (Å²) in [6.07, 6.45) is 2.99. The Balaban J connectivity index is 1.85. The Morgan fingerprint density at radius 2 is 1.94 bits per heavy atom. The topological polar surface area (TPSA) is 112 Å². The van der Waals surface area contributed by atoms with Crippen LogP contribution in [0, 0.1) is 24.2 Å². The summed E-state index contributed by atoms with van der Waals surface area (Å²) in [5.74, 6) is -1.24. The first kappa shape index (κ1) is 28.0. The fourth-order valence-electron chi connectivity index (χ4n) is 5.19. The summed E-state index contributed by atoms with van der Waals surface area (Å²) in [6, 6.07) is -0.269. The third-order valence-corrected chi connectivity index (χ3v) is 8.86. The first-order valence-corrected chi connectivity index (χ1v) is 13.6. The molecule has 3 heterocycles. The van der Waals surface area contributed by atoms with Crippen molar-refractivity contribution in [2.24, 2.45) is 17.3 Å². The average Bonchev–Trinajstić information content (AvgIpc) is 3.22. The number of aliphatic hydroxyl groups excluding tert-OH is 2. The van der Waals surface area contributed by atoms with Gasteiger partial charge in [0, 0.05) is 17.7 Å². The van der Waals surface area contributed by atoms with Crippen molar-refractivity contribution < 1.29 is 24.5 Å². The molecule has 7 nitrogen and oxygen atoms in total. The Labute approximate surface area is 213 Å². The fraction of sp³-hybridized carbons (Fsp3) is 0.741. The number of epoxide rings is 1. The Morgan fingerprint density at radius 3 is 2.57 bits per heavy atom. The number of carbonyl (C=O) groups is 2. The summed E-state index contributed by atoms with van der Waals surface area (Å²) in [7, 11) is 0. The molecule has 3 N–H and O–H groups in total. The molecule has 0 spiro atoms. The number of hydrogen-bond donors (Lipinski definition) is 3. The van der Waals surface area contributed by atoms with Crippen molar-refractivity contribution in [1.82, 2.24) is 10.3 Å². The molecule has 2 aliphatic heterocycles. The zero-order valence-corrected chi connectivity index (χ0v) is 22.9. The van der Waals surface area contributed by atoms with Gasteiger partial charge in [-0.15, -0.1) is 11.3 Å². The van der Waals surface area contributed by atoms with Crippen LogP contribution < -0.4 is 5.32 Å². The van der Waals surface area contributed by atoms with Crippen molar-refractivity contribution in [3.05, 3.63) is 21.7 Å². The van der Waals surface area contributed by atoms with Crippen LogP contribution in [0.25, 0.3) is 6.08 Å². The lowest BCUT2D eigenvalue weighted by Crippen LogP contribution is -2.47. The molecule has 0 bridgehead atoms. The maximum atomic E-state index is 13.2. The van der Waals surface area contributed by atoms with Crippen LogP contribution in [0.5, 0.6) is 0 Å². The summed E-state index contributed by atoms with van der Waals surface area (Å²) in [6.45, 7) is 13.0. The Kier molecular flexibility index (Phi) is 8.62. The van der Waals surface area contributed by atoms with Crippen LogP contribution in [0.15, 0.2) is 11.0 Å². The summed E-state index contributed by atoms with van der Waals surface area (Å²) < 4.78 is 6.10. The molecule has 1 aromatic heterocycles. The number of aryl methyl sites for hydroxylation is 1. The van der Waals surface area contributed by atoms with E-state index in [-0.39, 0.29) is 41.8 Å². The minimum absolute atomic E-state index is 0.0170. The summed E-state index contributed by atoms with van der Waals surface area (Å²) in [5, 5.41) is 27.8. The largest absolute Gasteiger partial charge is 0.392 e. The van der Waals surface area contributed by atoms with E-state index in [1.807, 2.05) is 32.2 Å². The minimum Gasteiger partial charge on any atom is -0.392 e. The third-order valence-electron chi connectivity index (χ3n) is 8.07. The number of nitrogens with one attached hydrogen (secondary N) is 1. The van der Waals surface area contributed by atoms with Crippen LogP contribution in [0.3, 0.4) is 0 Å². The minimum atomic E-state index is -1.17. The fourth-order valence-corrected chi connectivity index (χ4v) is 5.76. The lowest BCUT2D eigenvalue weighted by molar-refractivity contribution is -0.143. The summed E-state index contributed by atoms with van der Waals surface area (Å²) in [4.78, 5) is 30.8. The third kappa shape index (κ3) is 6.59. The SMILES string of the molecule is C/C(=C\c1csc(C)n1)C1CC2O[C@]2(C)CCCC(C)C(O)C(C)C(=O)C(C)(C)C(O)CC(=O)N1. The second kappa shape index (κ2) is 10.8. The van der Waals surface area contributed by atoms with Crippen molar-refractivity contribution in [2.45, 2.75) is 111 Å². The standard InChI is InChI=1S/C27H42N2O5S/c1-15-9-8-10-27(7)22(34-27)12-20(16(2)11-19-14-35-18(4)28-19)29-23(31)13-21(30)26(5,6)25(33)17(3)24(15)32/h11,14-15,17,20-22,24,30,32H,8-10,12-13H2,1-7H3,(H,29,31)/b16-11+/t15?,17?,20?,21?,22?,24?,27-/m1/s1. The molecule has 0 radical (unpaired) electrons. The van der Waals surface area contributed by atoms with Crippen LogP contribution in [0.2, 0.25) is 0 Å². The lowest BCUT2D eigenvalue weighted by Gasteiger charge is -2.34. The molecular formula is C27H42N2O5S. The van der Waals surface area contributed by atoms with Crippen LogP contribution in [0.4, 0.5) is 0 Å². The molecule has 2 saturated heterocycles. The Bertz CT molecular complexity index is 957. The van der Waals surface area contributed by atoms with E-state index in [2.05, 4.69) is 17.2 Å². The average molecular weight is 507 g/mol. The van der Waals surface area contributed by atoms with E-state index in [9.17, 15) is 19.8 Å².